The van der Waals surface area contributed by atoms with Crippen LogP contribution in [-0.4, -0.2) is 10.9 Å². The van der Waals surface area contributed by atoms with Gasteiger partial charge in [-0.1, -0.05) is 18.3 Å². The van der Waals surface area contributed by atoms with Gasteiger partial charge in [0.1, 0.15) is 0 Å². The minimum Gasteiger partial charge on any atom is -0.400 e. The van der Waals surface area contributed by atoms with Gasteiger partial charge in [0.25, 0.3) is 0 Å². The molecule has 1 aliphatic carbocycles. The highest BCUT2D eigenvalue weighted by atomic mass is 32.1. The molecular weight excluding hydrogens is 132 g/mol. The number of allylic oxidation sites excluding steroid dienone is 2. The molecule has 1 aliphatic rings. The van der Waals surface area contributed by atoms with Crippen LogP contribution < -0.4 is 11.5 Å². The van der Waals surface area contributed by atoms with E-state index < -0.39 is 0 Å². The first-order valence-corrected chi connectivity index (χ1v) is 3.06. The maximum absolute atomic E-state index is 5.50. The number of hydrogen-bond acceptors (Lipinski definition) is 3. The largest absolute Gasteiger partial charge is 0.400 e. The van der Waals surface area contributed by atoms with Gasteiger partial charge in [-0.05, 0) is 12.2 Å². The zero-order chi connectivity index (χ0) is 6.85. The van der Waals surface area contributed by atoms with Gasteiger partial charge in [0.2, 0.25) is 0 Å². The summed E-state index contributed by atoms with van der Waals surface area (Å²) in [6.45, 7) is 0. The van der Waals surface area contributed by atoms with E-state index >= 15 is 0 Å². The van der Waals surface area contributed by atoms with Crippen molar-refractivity contribution >= 4 is 17.1 Å². The molecule has 0 fully saturated rings. The van der Waals surface area contributed by atoms with Crippen molar-refractivity contribution in [2.45, 2.75) is 6.04 Å². The van der Waals surface area contributed by atoms with Crippen LogP contribution >= 0.6 is 12.2 Å². The van der Waals surface area contributed by atoms with Gasteiger partial charge in [-0.25, -0.2) is 0 Å². The van der Waals surface area contributed by atoms with Gasteiger partial charge in [0, 0.05) is 10.6 Å². The summed E-state index contributed by atoms with van der Waals surface area (Å²) in [7, 11) is 0. The summed E-state index contributed by atoms with van der Waals surface area (Å²) in [5.74, 6) is 0. The van der Waals surface area contributed by atoms with Crippen LogP contribution in [-0.2, 0) is 0 Å². The third-order valence-electron chi connectivity index (χ3n) is 1.16. The van der Waals surface area contributed by atoms with Crippen molar-refractivity contribution in [3.05, 3.63) is 23.9 Å². The lowest BCUT2D eigenvalue weighted by molar-refractivity contribution is 0.929. The van der Waals surface area contributed by atoms with Gasteiger partial charge in [0.05, 0.1) is 6.04 Å². The molecule has 0 heterocycles. The number of hydrogen-bond donors (Lipinski definition) is 2. The molecule has 0 aromatic carbocycles. The summed E-state index contributed by atoms with van der Waals surface area (Å²) in [6.07, 6.45) is 5.29. The average Bonchev–Trinajstić information content (AvgIpc) is 1.80. The molecule has 9 heavy (non-hydrogen) atoms. The number of rotatable bonds is 0. The molecule has 1 atom stereocenters. The SMILES string of the molecule is NC1=CC(=S)C=CC1N. The van der Waals surface area contributed by atoms with E-state index in [1.54, 1.807) is 18.2 Å². The van der Waals surface area contributed by atoms with Gasteiger partial charge in [-0.2, -0.15) is 0 Å². The van der Waals surface area contributed by atoms with Crippen molar-refractivity contribution in [3.63, 3.8) is 0 Å². The average molecular weight is 140 g/mol. The second-order valence-electron chi connectivity index (χ2n) is 1.93. The van der Waals surface area contributed by atoms with E-state index in [9.17, 15) is 0 Å². The van der Waals surface area contributed by atoms with Crippen LogP contribution in [0.1, 0.15) is 0 Å². The monoisotopic (exact) mass is 140 g/mol. The molecule has 2 nitrogen and oxygen atoms in total. The summed E-state index contributed by atoms with van der Waals surface area (Å²) in [5, 5.41) is 0. The summed E-state index contributed by atoms with van der Waals surface area (Å²) >= 11 is 4.84. The number of thiocarbonyl (C=S) groups is 1. The van der Waals surface area contributed by atoms with Crippen LogP contribution in [0.3, 0.4) is 0 Å². The molecular formula is C6H8N2S. The molecule has 0 amide bonds. The second-order valence-corrected chi connectivity index (χ2v) is 2.40. The first kappa shape index (κ1) is 6.45. The van der Waals surface area contributed by atoms with E-state index in [2.05, 4.69) is 0 Å². The molecule has 0 aromatic heterocycles. The summed E-state index contributed by atoms with van der Waals surface area (Å²) in [6, 6.07) is -0.142. The standard InChI is InChI=1S/C6H8N2S/c7-5-2-1-4(9)3-6(5)8/h1-3,5H,7-8H2. The van der Waals surface area contributed by atoms with E-state index in [0.717, 1.165) is 4.86 Å². The Kier molecular flexibility index (Phi) is 1.64. The van der Waals surface area contributed by atoms with Crippen LogP contribution in [0.25, 0.3) is 0 Å². The Hall–Kier alpha value is -0.670. The third-order valence-corrected chi connectivity index (χ3v) is 1.42. The van der Waals surface area contributed by atoms with Gasteiger partial charge in [-0.3, -0.25) is 0 Å². The molecule has 0 radical (unpaired) electrons. The first-order valence-electron chi connectivity index (χ1n) is 2.65. The zero-order valence-electron chi connectivity index (χ0n) is 4.87. The maximum atomic E-state index is 5.50. The first-order chi connectivity index (χ1) is 4.20. The zero-order valence-corrected chi connectivity index (χ0v) is 5.69. The predicted molar refractivity (Wildman–Crippen MR) is 42.0 cm³/mol. The lowest BCUT2D eigenvalue weighted by Gasteiger charge is -2.10. The van der Waals surface area contributed by atoms with Crippen LogP contribution in [0.5, 0.6) is 0 Å². The van der Waals surface area contributed by atoms with Crippen LogP contribution in [0, 0.1) is 0 Å². The minimum absolute atomic E-state index is 0.142. The maximum Gasteiger partial charge on any atom is 0.0632 e. The fourth-order valence-electron chi connectivity index (χ4n) is 0.618. The molecule has 0 aromatic rings. The highest BCUT2D eigenvalue weighted by molar-refractivity contribution is 7.81. The molecule has 0 bridgehead atoms. The summed E-state index contributed by atoms with van der Waals surface area (Å²) in [4.78, 5) is 0.745. The van der Waals surface area contributed by atoms with Crippen molar-refractivity contribution in [1.82, 2.24) is 0 Å². The molecule has 0 aliphatic heterocycles. The van der Waals surface area contributed by atoms with Gasteiger partial charge in [-0.15, -0.1) is 0 Å². The number of nitrogens with two attached hydrogens (primary N) is 2. The molecule has 0 spiro atoms. The fraction of sp³-hybridized carbons (Fsp3) is 0.167. The Morgan fingerprint density at radius 1 is 1.56 bits per heavy atom. The highest BCUT2D eigenvalue weighted by Gasteiger charge is 2.05. The smallest absolute Gasteiger partial charge is 0.0632 e. The lowest BCUT2D eigenvalue weighted by Crippen LogP contribution is -2.27. The van der Waals surface area contributed by atoms with Gasteiger partial charge in [0.15, 0.2) is 0 Å². The van der Waals surface area contributed by atoms with Crippen molar-refractivity contribution in [3.8, 4) is 0 Å². The Bertz CT molecular complexity index is 193. The van der Waals surface area contributed by atoms with E-state index in [4.69, 9.17) is 23.7 Å². The second kappa shape index (κ2) is 2.29. The van der Waals surface area contributed by atoms with E-state index in [0.29, 0.717) is 5.70 Å². The lowest BCUT2D eigenvalue weighted by atomic mass is 10.1. The van der Waals surface area contributed by atoms with Crippen LogP contribution in [0.15, 0.2) is 23.9 Å². The Labute approximate surface area is 59.2 Å². The van der Waals surface area contributed by atoms with Crippen LogP contribution in [0.4, 0.5) is 0 Å². The molecule has 48 valence electrons. The Morgan fingerprint density at radius 2 is 2.22 bits per heavy atom. The van der Waals surface area contributed by atoms with Crippen molar-refractivity contribution < 1.29 is 0 Å². The molecule has 1 rings (SSSR count). The third kappa shape index (κ3) is 1.37. The highest BCUT2D eigenvalue weighted by Crippen LogP contribution is 2.02. The van der Waals surface area contributed by atoms with Gasteiger partial charge >= 0.3 is 0 Å². The van der Waals surface area contributed by atoms with E-state index in [1.807, 2.05) is 0 Å². The van der Waals surface area contributed by atoms with Crippen LogP contribution in [0.2, 0.25) is 0 Å². The predicted octanol–water partition coefficient (Wildman–Crippen LogP) is 0.0960. The van der Waals surface area contributed by atoms with E-state index in [1.165, 1.54) is 0 Å². The van der Waals surface area contributed by atoms with Crippen molar-refractivity contribution in [2.75, 3.05) is 0 Å². The summed E-state index contributed by atoms with van der Waals surface area (Å²) in [5.41, 5.74) is 11.6. The molecule has 4 N–H and O–H groups in total. The van der Waals surface area contributed by atoms with E-state index in [-0.39, 0.29) is 6.04 Å². The van der Waals surface area contributed by atoms with Crippen molar-refractivity contribution in [1.29, 1.82) is 0 Å². The Morgan fingerprint density at radius 3 is 2.67 bits per heavy atom. The molecule has 0 saturated carbocycles. The Balaban J connectivity index is 2.82. The summed E-state index contributed by atoms with van der Waals surface area (Å²) < 4.78 is 0. The van der Waals surface area contributed by atoms with Gasteiger partial charge < -0.3 is 11.5 Å². The normalized spacial score (nSPS) is 26.1. The molecule has 1 unspecified atom stereocenters. The molecule has 3 heteroatoms. The van der Waals surface area contributed by atoms with Crippen molar-refractivity contribution in [2.24, 2.45) is 11.5 Å². The topological polar surface area (TPSA) is 52.0 Å². The fourth-order valence-corrected chi connectivity index (χ4v) is 0.833. The molecule has 0 saturated heterocycles. The quantitative estimate of drug-likeness (QED) is 0.469. The minimum atomic E-state index is -0.142.